The molecular weight excluding hydrogens is 669 g/mol. The summed E-state index contributed by atoms with van der Waals surface area (Å²) in [5.41, 5.74) is 3.57. The summed E-state index contributed by atoms with van der Waals surface area (Å²) in [6.45, 7) is 7.44. The van der Waals surface area contributed by atoms with Gasteiger partial charge in [0.05, 0.1) is 40.5 Å². The van der Waals surface area contributed by atoms with Gasteiger partial charge in [0.2, 0.25) is 0 Å². The summed E-state index contributed by atoms with van der Waals surface area (Å²) in [6, 6.07) is 12.1. The van der Waals surface area contributed by atoms with Gasteiger partial charge >= 0.3 is 5.97 Å². The molecule has 0 bridgehead atoms. The van der Waals surface area contributed by atoms with Gasteiger partial charge in [0, 0.05) is 77.1 Å². The molecule has 0 N–H and O–H groups in total. The maximum atomic E-state index is 14.6. The Morgan fingerprint density at radius 3 is 1.77 bits per heavy atom. The fourth-order valence-corrected chi connectivity index (χ4v) is 8.44. The number of benzene rings is 3. The van der Waals surface area contributed by atoms with Crippen LogP contribution in [0.25, 0.3) is 21.8 Å². The van der Waals surface area contributed by atoms with Crippen LogP contribution >= 0.6 is 34.8 Å². The first-order valence-electron chi connectivity index (χ1n) is 16.8. The molecule has 7 nitrogen and oxygen atoms in total. The van der Waals surface area contributed by atoms with Crippen LogP contribution in [0.5, 0.6) is 11.5 Å². The van der Waals surface area contributed by atoms with Gasteiger partial charge in [-0.25, -0.2) is 4.79 Å². The average Bonchev–Trinajstić information content (AvgIpc) is 3.90. The number of ether oxygens (including phenoxy) is 3. The largest absolute Gasteiger partial charge is 0.497 e. The van der Waals surface area contributed by atoms with Gasteiger partial charge in [-0.2, -0.15) is 0 Å². The molecule has 2 aromatic heterocycles. The molecule has 0 aliphatic carbocycles. The summed E-state index contributed by atoms with van der Waals surface area (Å²) < 4.78 is 22.9. The third-order valence-corrected chi connectivity index (χ3v) is 11.3. The number of hydrogen-bond donors (Lipinski definition) is 0. The van der Waals surface area contributed by atoms with E-state index in [9.17, 15) is 4.79 Å². The maximum absolute atomic E-state index is 14.6. The van der Waals surface area contributed by atoms with Crippen LogP contribution in [0.15, 0.2) is 48.8 Å². The van der Waals surface area contributed by atoms with E-state index in [0.717, 1.165) is 97.6 Å². The zero-order chi connectivity index (χ0) is 33.7. The number of cyclic esters (lactones) is 1. The number of esters is 1. The van der Waals surface area contributed by atoms with Crippen LogP contribution in [0.1, 0.15) is 79.4 Å². The monoisotopic (exact) mass is 707 g/mol. The van der Waals surface area contributed by atoms with Crippen LogP contribution in [-0.2, 0) is 23.4 Å². The number of anilines is 1. The lowest BCUT2D eigenvalue weighted by atomic mass is 9.79. The van der Waals surface area contributed by atoms with Gasteiger partial charge in [0.25, 0.3) is 0 Å². The predicted molar refractivity (Wildman–Crippen MR) is 195 cm³/mol. The van der Waals surface area contributed by atoms with Crippen molar-refractivity contribution < 1.29 is 19.0 Å². The molecule has 1 fully saturated rings. The van der Waals surface area contributed by atoms with Crippen LogP contribution in [-0.4, -0.2) is 42.4 Å². The zero-order valence-corrected chi connectivity index (χ0v) is 30.1. The predicted octanol–water partition coefficient (Wildman–Crippen LogP) is 10.2. The lowest BCUT2D eigenvalue weighted by Gasteiger charge is -2.31. The standard InChI is InChI=1S/C38H40Cl3N3O4/c1-5-7-15-43-21-27(25-19-23(46-3)11-13-29(25)43)38(28-22-44(16-8-6-2)30-14-12-24(47-4)20-26(28)30)32-31(37(45)48-38)36(42-17-9-10-18-42)35(41)34(40)33(32)39/h11-14,19-22H,5-10,15-18H2,1-4H3. The first-order valence-corrected chi connectivity index (χ1v) is 18.0. The SMILES string of the molecule is CCCCn1cc(C2(c3cn(CCCC)c4ccc(OC)cc34)OC(=O)c3c(N4CCCC4)c(Cl)c(Cl)c(Cl)c32)c2cc(OC)ccc21. The number of carbonyl (C=O) groups is 1. The Morgan fingerprint density at radius 2 is 1.29 bits per heavy atom. The highest BCUT2D eigenvalue weighted by Gasteiger charge is 2.55. The minimum absolute atomic E-state index is 0.208. The number of halogens is 3. The van der Waals surface area contributed by atoms with Gasteiger partial charge < -0.3 is 28.2 Å². The molecule has 0 unspecified atom stereocenters. The average molecular weight is 709 g/mol. The Kier molecular flexibility index (Phi) is 8.99. The Bertz CT molecular complexity index is 1950. The second kappa shape index (κ2) is 13.1. The molecule has 0 spiro atoms. The van der Waals surface area contributed by atoms with Crippen molar-refractivity contribution in [1.82, 2.24) is 9.13 Å². The zero-order valence-electron chi connectivity index (χ0n) is 27.8. The van der Waals surface area contributed by atoms with Crippen molar-refractivity contribution in [2.45, 2.75) is 71.1 Å². The minimum Gasteiger partial charge on any atom is -0.497 e. The molecule has 2 aliphatic heterocycles. The molecule has 0 atom stereocenters. The van der Waals surface area contributed by atoms with Crippen molar-refractivity contribution in [1.29, 1.82) is 0 Å². The van der Waals surface area contributed by atoms with Gasteiger partial charge in [-0.05, 0) is 62.1 Å². The summed E-state index contributed by atoms with van der Waals surface area (Å²) in [7, 11) is 3.31. The molecule has 10 heteroatoms. The molecule has 2 aliphatic rings. The fraction of sp³-hybridized carbons (Fsp3) is 0.395. The Labute approximate surface area is 296 Å². The number of rotatable bonds is 11. The van der Waals surface area contributed by atoms with Gasteiger partial charge in [-0.1, -0.05) is 61.5 Å². The van der Waals surface area contributed by atoms with Crippen molar-refractivity contribution >= 4 is 68.3 Å². The number of aryl methyl sites for hydroxylation is 2. The molecule has 48 heavy (non-hydrogen) atoms. The second-order valence-corrected chi connectivity index (χ2v) is 13.9. The molecule has 4 heterocycles. The highest BCUT2D eigenvalue weighted by Crippen LogP contribution is 2.59. The number of unbranched alkanes of at least 4 members (excludes halogenated alkanes) is 2. The molecule has 0 radical (unpaired) electrons. The van der Waals surface area contributed by atoms with Crippen LogP contribution in [0.4, 0.5) is 5.69 Å². The highest BCUT2D eigenvalue weighted by molar-refractivity contribution is 6.50. The minimum atomic E-state index is -1.48. The normalized spacial score (nSPS) is 15.5. The quantitative estimate of drug-likeness (QED) is 0.101. The van der Waals surface area contributed by atoms with E-state index in [1.165, 1.54) is 0 Å². The van der Waals surface area contributed by atoms with Crippen LogP contribution in [0.2, 0.25) is 15.1 Å². The first kappa shape index (κ1) is 33.0. The van der Waals surface area contributed by atoms with E-state index in [1.807, 2.05) is 24.3 Å². The number of aromatic nitrogens is 2. The number of nitrogens with zero attached hydrogens (tertiary/aromatic N) is 3. The van der Waals surface area contributed by atoms with E-state index < -0.39 is 11.6 Å². The number of hydrogen-bond acceptors (Lipinski definition) is 5. The van der Waals surface area contributed by atoms with Gasteiger partial charge in [0.15, 0.2) is 5.60 Å². The fourth-order valence-electron chi connectivity index (χ4n) is 7.57. The Hall–Kier alpha value is -3.52. The molecule has 0 saturated carbocycles. The van der Waals surface area contributed by atoms with E-state index >= 15 is 0 Å². The van der Waals surface area contributed by atoms with Crippen molar-refractivity contribution in [3.8, 4) is 11.5 Å². The molecular formula is C38H40Cl3N3O4. The Morgan fingerprint density at radius 1 is 0.771 bits per heavy atom. The number of carbonyl (C=O) groups excluding carboxylic acids is 1. The highest BCUT2D eigenvalue weighted by atomic mass is 35.5. The summed E-state index contributed by atoms with van der Waals surface area (Å²) >= 11 is 21.4. The molecule has 252 valence electrons. The lowest BCUT2D eigenvalue weighted by molar-refractivity contribution is 0.0259. The van der Waals surface area contributed by atoms with E-state index in [1.54, 1.807) is 14.2 Å². The van der Waals surface area contributed by atoms with Gasteiger partial charge in [-0.3, -0.25) is 0 Å². The summed E-state index contributed by atoms with van der Waals surface area (Å²) in [5, 5.41) is 2.48. The smallest absolute Gasteiger partial charge is 0.342 e. The van der Waals surface area contributed by atoms with Crippen LogP contribution in [0.3, 0.4) is 0 Å². The van der Waals surface area contributed by atoms with Crippen molar-refractivity contribution in [2.24, 2.45) is 0 Å². The third-order valence-electron chi connectivity index (χ3n) is 9.96. The maximum Gasteiger partial charge on any atom is 0.342 e. The molecule has 3 aromatic carbocycles. The van der Waals surface area contributed by atoms with Crippen LogP contribution < -0.4 is 14.4 Å². The van der Waals surface area contributed by atoms with E-state index in [4.69, 9.17) is 49.0 Å². The summed E-state index contributed by atoms with van der Waals surface area (Å²) in [4.78, 5) is 16.8. The first-order chi connectivity index (χ1) is 23.3. The molecule has 0 amide bonds. The Balaban J connectivity index is 1.66. The third kappa shape index (κ3) is 5.04. The molecule has 1 saturated heterocycles. The van der Waals surface area contributed by atoms with Crippen molar-refractivity contribution in [3.63, 3.8) is 0 Å². The summed E-state index contributed by atoms with van der Waals surface area (Å²) in [6.07, 6.45) is 10.2. The van der Waals surface area contributed by atoms with Gasteiger partial charge in [-0.15, -0.1) is 0 Å². The van der Waals surface area contributed by atoms with Crippen molar-refractivity contribution in [2.75, 3.05) is 32.2 Å². The van der Waals surface area contributed by atoms with Crippen molar-refractivity contribution in [3.05, 3.63) is 86.1 Å². The number of methoxy groups -OCH3 is 2. The topological polar surface area (TPSA) is 57.9 Å². The van der Waals surface area contributed by atoms with Gasteiger partial charge in [0.1, 0.15) is 11.5 Å². The number of fused-ring (bicyclic) bond motifs is 3. The van der Waals surface area contributed by atoms with E-state index in [2.05, 4.69) is 52.4 Å². The summed E-state index contributed by atoms with van der Waals surface area (Å²) in [5.74, 6) is 0.908. The van der Waals surface area contributed by atoms with E-state index in [-0.39, 0.29) is 15.1 Å². The van der Waals surface area contributed by atoms with E-state index in [0.29, 0.717) is 28.3 Å². The molecule has 5 aromatic rings. The van der Waals surface area contributed by atoms with Crippen LogP contribution in [0, 0.1) is 0 Å². The lowest BCUT2D eigenvalue weighted by Crippen LogP contribution is -2.30. The molecule has 7 rings (SSSR count). The second-order valence-electron chi connectivity index (χ2n) is 12.8.